The van der Waals surface area contributed by atoms with E-state index in [0.29, 0.717) is 17.5 Å². The van der Waals surface area contributed by atoms with E-state index in [4.69, 9.17) is 4.74 Å². The first kappa shape index (κ1) is 25.8. The van der Waals surface area contributed by atoms with E-state index in [9.17, 15) is 26.4 Å². The molecule has 36 heavy (non-hydrogen) atoms. The number of hydrogen-bond acceptors (Lipinski definition) is 4. The standard InChI is InChI=1S/C27H26F3NO4S/c1-18(19-3-5-20(6-4-19)24-12-11-23(29)17-25(24)30)31-15-13-27(35-26(31)32,14-16-36(2,33)34)21-7-9-22(28)10-8-21/h3-12,17-18H,13-16H2,1-2H3/t18-,27?/m0/s1. The first-order valence-corrected chi connectivity index (χ1v) is 13.5. The van der Waals surface area contributed by atoms with Gasteiger partial charge in [-0.05, 0) is 47.9 Å². The molecule has 0 N–H and O–H groups in total. The lowest BCUT2D eigenvalue weighted by molar-refractivity contribution is -0.0623. The van der Waals surface area contributed by atoms with Gasteiger partial charge in [0.1, 0.15) is 32.9 Å². The summed E-state index contributed by atoms with van der Waals surface area (Å²) >= 11 is 0. The largest absolute Gasteiger partial charge is 0.438 e. The normalized spacial score (nSPS) is 19.1. The maximum Gasteiger partial charge on any atom is 0.411 e. The first-order chi connectivity index (χ1) is 17.0. The Bertz CT molecular complexity index is 1360. The second-order valence-electron chi connectivity index (χ2n) is 9.11. The van der Waals surface area contributed by atoms with Gasteiger partial charge in [-0.2, -0.15) is 0 Å². The van der Waals surface area contributed by atoms with Crippen molar-refractivity contribution in [2.24, 2.45) is 0 Å². The van der Waals surface area contributed by atoms with Crippen LogP contribution in [0.5, 0.6) is 0 Å². The smallest absolute Gasteiger partial charge is 0.411 e. The topological polar surface area (TPSA) is 63.7 Å². The van der Waals surface area contributed by atoms with Gasteiger partial charge in [-0.15, -0.1) is 0 Å². The average Bonchev–Trinajstić information content (AvgIpc) is 2.83. The van der Waals surface area contributed by atoms with Crippen LogP contribution in [0.25, 0.3) is 11.1 Å². The van der Waals surface area contributed by atoms with Crippen molar-refractivity contribution in [1.29, 1.82) is 0 Å². The molecule has 1 unspecified atom stereocenters. The molecule has 1 aliphatic rings. The highest BCUT2D eigenvalue weighted by Crippen LogP contribution is 2.40. The number of sulfone groups is 1. The number of ether oxygens (including phenoxy) is 1. The van der Waals surface area contributed by atoms with Gasteiger partial charge in [0.25, 0.3) is 0 Å². The second-order valence-corrected chi connectivity index (χ2v) is 11.4. The van der Waals surface area contributed by atoms with Gasteiger partial charge in [0.15, 0.2) is 0 Å². The van der Waals surface area contributed by atoms with Crippen LogP contribution in [0.2, 0.25) is 0 Å². The lowest BCUT2D eigenvalue weighted by Crippen LogP contribution is -2.49. The van der Waals surface area contributed by atoms with E-state index in [1.165, 1.54) is 41.3 Å². The van der Waals surface area contributed by atoms with E-state index in [1.54, 1.807) is 24.3 Å². The van der Waals surface area contributed by atoms with Gasteiger partial charge in [-0.25, -0.2) is 26.4 Å². The van der Waals surface area contributed by atoms with Crippen LogP contribution < -0.4 is 0 Å². The van der Waals surface area contributed by atoms with Crippen molar-refractivity contribution >= 4 is 15.9 Å². The van der Waals surface area contributed by atoms with Crippen molar-refractivity contribution in [3.63, 3.8) is 0 Å². The molecule has 0 bridgehead atoms. The van der Waals surface area contributed by atoms with Crippen LogP contribution in [-0.4, -0.2) is 38.0 Å². The number of nitrogens with zero attached hydrogens (tertiary/aromatic N) is 1. The van der Waals surface area contributed by atoms with Crippen LogP contribution in [0.15, 0.2) is 66.7 Å². The third-order valence-corrected chi connectivity index (χ3v) is 7.57. The minimum Gasteiger partial charge on any atom is -0.438 e. The Balaban J connectivity index is 1.54. The maximum atomic E-state index is 14.1. The highest BCUT2D eigenvalue weighted by atomic mass is 32.2. The number of rotatable bonds is 7. The van der Waals surface area contributed by atoms with Crippen molar-refractivity contribution in [3.8, 4) is 11.1 Å². The fourth-order valence-corrected chi connectivity index (χ4v) is 5.19. The molecular weight excluding hydrogens is 491 g/mol. The monoisotopic (exact) mass is 517 g/mol. The molecule has 1 saturated heterocycles. The van der Waals surface area contributed by atoms with Crippen LogP contribution in [0.3, 0.4) is 0 Å². The third kappa shape index (κ3) is 5.56. The van der Waals surface area contributed by atoms with Crippen molar-refractivity contribution < 1.29 is 31.1 Å². The summed E-state index contributed by atoms with van der Waals surface area (Å²) in [7, 11) is -3.33. The Morgan fingerprint density at radius 1 is 0.972 bits per heavy atom. The van der Waals surface area contributed by atoms with Gasteiger partial charge < -0.3 is 9.64 Å². The van der Waals surface area contributed by atoms with E-state index in [-0.39, 0.29) is 30.3 Å². The number of benzene rings is 3. The number of halogens is 3. The molecule has 5 nitrogen and oxygen atoms in total. The molecule has 1 heterocycles. The van der Waals surface area contributed by atoms with Crippen LogP contribution in [0.4, 0.5) is 18.0 Å². The fraction of sp³-hybridized carbons (Fsp3) is 0.296. The van der Waals surface area contributed by atoms with Crippen LogP contribution in [0, 0.1) is 17.5 Å². The van der Waals surface area contributed by atoms with E-state index < -0.39 is 39.0 Å². The summed E-state index contributed by atoms with van der Waals surface area (Å²) in [4.78, 5) is 14.7. The Labute approximate surface area is 208 Å². The van der Waals surface area contributed by atoms with Crippen molar-refractivity contribution in [1.82, 2.24) is 4.90 Å². The molecule has 9 heteroatoms. The Kier molecular flexibility index (Phi) is 7.13. The van der Waals surface area contributed by atoms with Gasteiger partial charge in [0.2, 0.25) is 0 Å². The molecule has 3 aromatic carbocycles. The fourth-order valence-electron chi connectivity index (χ4n) is 4.49. The number of carbonyl (C=O) groups excluding carboxylic acids is 1. The minimum atomic E-state index is -3.33. The zero-order chi connectivity index (χ0) is 26.1. The Morgan fingerprint density at radius 3 is 2.19 bits per heavy atom. The summed E-state index contributed by atoms with van der Waals surface area (Å²) in [5, 5.41) is 0. The van der Waals surface area contributed by atoms with E-state index in [0.717, 1.165) is 17.9 Å². The molecule has 3 aromatic rings. The van der Waals surface area contributed by atoms with Crippen LogP contribution in [0.1, 0.15) is 36.9 Å². The Hall–Kier alpha value is -3.33. The summed E-state index contributed by atoms with van der Waals surface area (Å²) in [5.41, 5.74) is 0.972. The molecule has 4 rings (SSSR count). The summed E-state index contributed by atoms with van der Waals surface area (Å²) in [6.45, 7) is 2.12. The van der Waals surface area contributed by atoms with Gasteiger partial charge in [0, 0.05) is 37.3 Å². The molecule has 0 spiro atoms. The van der Waals surface area contributed by atoms with Gasteiger partial charge in [-0.1, -0.05) is 36.4 Å². The van der Waals surface area contributed by atoms with Crippen molar-refractivity contribution in [3.05, 3.63) is 95.3 Å². The molecule has 1 fully saturated rings. The SMILES string of the molecule is C[C@@H](c1ccc(-c2ccc(F)cc2F)cc1)N1CCC(CCS(C)(=O)=O)(c2ccc(F)cc2)OC1=O. The molecule has 0 aliphatic carbocycles. The second kappa shape index (κ2) is 9.97. The molecule has 0 saturated carbocycles. The summed E-state index contributed by atoms with van der Waals surface area (Å²) in [6, 6.07) is 15.5. The zero-order valence-corrected chi connectivity index (χ0v) is 20.7. The molecule has 1 amide bonds. The number of hydrogen-bond donors (Lipinski definition) is 0. The molecule has 2 atom stereocenters. The molecule has 0 aromatic heterocycles. The number of cyclic esters (lactones) is 1. The van der Waals surface area contributed by atoms with Crippen LogP contribution in [-0.2, 0) is 20.2 Å². The van der Waals surface area contributed by atoms with Gasteiger partial charge >= 0.3 is 6.09 Å². The highest BCUT2D eigenvalue weighted by Gasteiger charge is 2.44. The van der Waals surface area contributed by atoms with E-state index in [2.05, 4.69) is 0 Å². The minimum absolute atomic E-state index is 0.0589. The molecule has 0 radical (unpaired) electrons. The molecule has 1 aliphatic heterocycles. The lowest BCUT2D eigenvalue weighted by atomic mass is 9.86. The maximum absolute atomic E-state index is 14.1. The predicted molar refractivity (Wildman–Crippen MR) is 130 cm³/mol. The average molecular weight is 518 g/mol. The molecular formula is C27H26F3NO4S. The first-order valence-electron chi connectivity index (χ1n) is 11.5. The quantitative estimate of drug-likeness (QED) is 0.385. The predicted octanol–water partition coefficient (Wildman–Crippen LogP) is 6.00. The van der Waals surface area contributed by atoms with E-state index in [1.807, 2.05) is 6.92 Å². The van der Waals surface area contributed by atoms with Gasteiger partial charge in [0.05, 0.1) is 11.8 Å². The third-order valence-electron chi connectivity index (χ3n) is 6.62. The number of amides is 1. The summed E-state index contributed by atoms with van der Waals surface area (Å²) < 4.78 is 70.5. The summed E-state index contributed by atoms with van der Waals surface area (Å²) in [5.74, 6) is -1.95. The highest BCUT2D eigenvalue weighted by molar-refractivity contribution is 7.90. The summed E-state index contributed by atoms with van der Waals surface area (Å²) in [6.07, 6.45) is 0.887. The molecule has 190 valence electrons. The van der Waals surface area contributed by atoms with Crippen LogP contribution >= 0.6 is 0 Å². The van der Waals surface area contributed by atoms with Crippen molar-refractivity contribution in [2.75, 3.05) is 18.6 Å². The van der Waals surface area contributed by atoms with E-state index >= 15 is 0 Å². The van der Waals surface area contributed by atoms with Gasteiger partial charge in [-0.3, -0.25) is 0 Å². The Morgan fingerprint density at radius 2 is 1.61 bits per heavy atom. The zero-order valence-electron chi connectivity index (χ0n) is 19.9. The van der Waals surface area contributed by atoms with Crippen molar-refractivity contribution in [2.45, 2.75) is 31.4 Å². The lowest BCUT2D eigenvalue weighted by Gasteiger charge is -2.43. The number of carbonyl (C=O) groups is 1.